The number of alkyl halides is 2. The average Bonchev–Trinajstić information content (AvgIpc) is 2.82. The van der Waals surface area contributed by atoms with Crippen molar-refractivity contribution in [1.29, 1.82) is 0 Å². The maximum Gasteiger partial charge on any atom is 0.387 e. The van der Waals surface area contributed by atoms with Crippen LogP contribution >= 0.6 is 0 Å². The van der Waals surface area contributed by atoms with Crippen molar-refractivity contribution >= 4 is 23.6 Å². The molecule has 0 radical (unpaired) electrons. The number of carbonyl (C=O) groups excluding carboxylic acids is 2. The highest BCUT2D eigenvalue weighted by molar-refractivity contribution is 5.89. The third-order valence-electron chi connectivity index (χ3n) is 4.92. The van der Waals surface area contributed by atoms with Crippen molar-refractivity contribution in [2.24, 2.45) is 0 Å². The van der Waals surface area contributed by atoms with Crippen LogP contribution in [0.2, 0.25) is 0 Å². The fourth-order valence-electron chi connectivity index (χ4n) is 3.20. The number of carbonyl (C=O) groups is 2. The highest BCUT2D eigenvalue weighted by Crippen LogP contribution is 2.20. The first-order valence-electron chi connectivity index (χ1n) is 10.0. The lowest BCUT2D eigenvalue weighted by molar-refractivity contribution is -0.148. The molecule has 170 valence electrons. The fourth-order valence-corrected chi connectivity index (χ4v) is 3.20. The molecule has 1 amide bonds. The van der Waals surface area contributed by atoms with Crippen molar-refractivity contribution in [3.8, 4) is 11.5 Å². The number of methoxy groups -OCH3 is 1. The molecule has 2 aromatic rings. The first-order chi connectivity index (χ1) is 15.4. The Morgan fingerprint density at radius 1 is 0.969 bits per heavy atom. The average molecular weight is 446 g/mol. The van der Waals surface area contributed by atoms with E-state index in [4.69, 9.17) is 9.47 Å². The van der Waals surface area contributed by atoms with Gasteiger partial charge in [0.05, 0.1) is 7.11 Å². The van der Waals surface area contributed by atoms with E-state index in [-0.39, 0.29) is 18.3 Å². The van der Waals surface area contributed by atoms with E-state index in [1.165, 1.54) is 36.4 Å². The molecule has 0 N–H and O–H groups in total. The first kappa shape index (κ1) is 23.1. The molecule has 1 aliphatic heterocycles. The number of esters is 1. The molecule has 1 heterocycles. The number of anilines is 1. The van der Waals surface area contributed by atoms with Crippen LogP contribution in [0.4, 0.5) is 14.5 Å². The quantitative estimate of drug-likeness (QED) is 0.458. The van der Waals surface area contributed by atoms with Crippen LogP contribution in [0.3, 0.4) is 0 Å². The maximum absolute atomic E-state index is 12.3. The molecule has 1 saturated heterocycles. The zero-order valence-electron chi connectivity index (χ0n) is 17.6. The minimum atomic E-state index is -2.89. The molecule has 2 aromatic carbocycles. The number of piperazine rings is 1. The third kappa shape index (κ3) is 6.69. The second-order valence-electron chi connectivity index (χ2n) is 6.95. The normalized spacial score (nSPS) is 14.0. The van der Waals surface area contributed by atoms with E-state index in [0.29, 0.717) is 31.7 Å². The first-order valence-corrected chi connectivity index (χ1v) is 10.0. The molecule has 0 saturated carbocycles. The van der Waals surface area contributed by atoms with E-state index in [2.05, 4.69) is 9.64 Å². The summed E-state index contributed by atoms with van der Waals surface area (Å²) in [4.78, 5) is 28.1. The standard InChI is InChI=1S/C23H24F2N2O5/c1-30-19-9-5-18(6-10-19)26-12-14-27(15-13-26)21(28)16-31-22(29)11-4-17-2-7-20(8-3-17)32-23(24)25/h2-11,23H,12-16H2,1H3/b11-4+. The molecule has 0 atom stereocenters. The summed E-state index contributed by atoms with van der Waals surface area (Å²) < 4.78 is 38.7. The third-order valence-corrected chi connectivity index (χ3v) is 4.92. The van der Waals surface area contributed by atoms with E-state index in [9.17, 15) is 18.4 Å². The molecule has 0 bridgehead atoms. The van der Waals surface area contributed by atoms with Crippen molar-refractivity contribution in [2.75, 3.05) is 44.8 Å². The summed E-state index contributed by atoms with van der Waals surface area (Å²) in [5, 5.41) is 0. The van der Waals surface area contributed by atoms with Crippen molar-refractivity contribution < 1.29 is 32.6 Å². The maximum atomic E-state index is 12.3. The molecule has 1 fully saturated rings. The van der Waals surface area contributed by atoms with Gasteiger partial charge in [0.25, 0.3) is 5.91 Å². The van der Waals surface area contributed by atoms with E-state index in [1.807, 2.05) is 24.3 Å². The van der Waals surface area contributed by atoms with Gasteiger partial charge in [0.15, 0.2) is 6.61 Å². The van der Waals surface area contributed by atoms with Crippen LogP contribution in [0.5, 0.6) is 11.5 Å². The fraction of sp³-hybridized carbons (Fsp3) is 0.304. The van der Waals surface area contributed by atoms with Crippen LogP contribution < -0.4 is 14.4 Å². The Hall–Kier alpha value is -3.62. The number of halogens is 2. The lowest BCUT2D eigenvalue weighted by atomic mass is 10.2. The molecule has 32 heavy (non-hydrogen) atoms. The Balaban J connectivity index is 1.40. The van der Waals surface area contributed by atoms with Crippen molar-refractivity contribution in [1.82, 2.24) is 4.90 Å². The highest BCUT2D eigenvalue weighted by Gasteiger charge is 2.22. The summed E-state index contributed by atoms with van der Waals surface area (Å²) in [7, 11) is 1.62. The summed E-state index contributed by atoms with van der Waals surface area (Å²) in [6.45, 7) is -0.813. The Morgan fingerprint density at radius 3 is 2.19 bits per heavy atom. The smallest absolute Gasteiger partial charge is 0.387 e. The van der Waals surface area contributed by atoms with E-state index in [0.717, 1.165) is 11.4 Å². The van der Waals surface area contributed by atoms with E-state index in [1.54, 1.807) is 12.0 Å². The molecule has 0 aliphatic carbocycles. The zero-order chi connectivity index (χ0) is 22.9. The lowest BCUT2D eigenvalue weighted by Gasteiger charge is -2.36. The molecule has 3 rings (SSSR count). The van der Waals surface area contributed by atoms with E-state index >= 15 is 0 Å². The monoisotopic (exact) mass is 446 g/mol. The van der Waals surface area contributed by atoms with Crippen molar-refractivity contribution in [2.45, 2.75) is 6.61 Å². The molecule has 9 heteroatoms. The van der Waals surface area contributed by atoms with Crippen molar-refractivity contribution in [3.63, 3.8) is 0 Å². The van der Waals surface area contributed by atoms with Crippen LogP contribution in [-0.2, 0) is 14.3 Å². The molecular weight excluding hydrogens is 422 g/mol. The Bertz CT molecular complexity index is 924. The largest absolute Gasteiger partial charge is 0.497 e. The number of hydrogen-bond acceptors (Lipinski definition) is 6. The van der Waals surface area contributed by atoms with Gasteiger partial charge in [-0.3, -0.25) is 4.79 Å². The number of nitrogens with zero attached hydrogens (tertiary/aromatic N) is 2. The predicted molar refractivity (Wildman–Crippen MR) is 115 cm³/mol. The van der Waals surface area contributed by atoms with Gasteiger partial charge >= 0.3 is 12.6 Å². The van der Waals surface area contributed by atoms with Gasteiger partial charge in [-0.2, -0.15) is 8.78 Å². The zero-order valence-corrected chi connectivity index (χ0v) is 17.6. The molecule has 0 unspecified atom stereocenters. The number of rotatable bonds is 8. The number of amides is 1. The summed E-state index contributed by atoms with van der Waals surface area (Å²) in [6, 6.07) is 13.5. The lowest BCUT2D eigenvalue weighted by Crippen LogP contribution is -2.49. The number of hydrogen-bond donors (Lipinski definition) is 0. The molecule has 1 aliphatic rings. The van der Waals surface area contributed by atoms with Gasteiger partial charge in [-0.1, -0.05) is 12.1 Å². The SMILES string of the molecule is COc1ccc(N2CCN(C(=O)COC(=O)/C=C/c3ccc(OC(F)F)cc3)CC2)cc1. The van der Waals surface area contributed by atoms with Gasteiger partial charge in [0, 0.05) is 37.9 Å². The minimum Gasteiger partial charge on any atom is -0.497 e. The van der Waals surface area contributed by atoms with Crippen LogP contribution in [0.15, 0.2) is 54.6 Å². The predicted octanol–water partition coefficient (Wildman–Crippen LogP) is 3.20. The molecule has 7 nitrogen and oxygen atoms in total. The second-order valence-corrected chi connectivity index (χ2v) is 6.95. The van der Waals surface area contributed by atoms with Gasteiger partial charge in [-0.05, 0) is 48.0 Å². The van der Waals surface area contributed by atoms with Crippen LogP contribution in [0.25, 0.3) is 6.08 Å². The van der Waals surface area contributed by atoms with Crippen LogP contribution in [-0.4, -0.2) is 63.3 Å². The van der Waals surface area contributed by atoms with Gasteiger partial charge in [-0.25, -0.2) is 4.79 Å². The molecule has 0 aromatic heterocycles. The summed E-state index contributed by atoms with van der Waals surface area (Å²) >= 11 is 0. The van der Waals surface area contributed by atoms with Gasteiger partial charge in [0.2, 0.25) is 0 Å². The minimum absolute atomic E-state index is 0.0254. The summed E-state index contributed by atoms with van der Waals surface area (Å²) in [6.07, 6.45) is 2.64. The summed E-state index contributed by atoms with van der Waals surface area (Å²) in [5.74, 6) is -0.105. The van der Waals surface area contributed by atoms with Gasteiger partial charge < -0.3 is 24.0 Å². The topological polar surface area (TPSA) is 68.3 Å². The van der Waals surface area contributed by atoms with Crippen LogP contribution in [0.1, 0.15) is 5.56 Å². The molecule has 0 spiro atoms. The summed E-state index contributed by atoms with van der Waals surface area (Å²) in [5.41, 5.74) is 1.66. The molecular formula is C23H24F2N2O5. The second kappa shape index (κ2) is 11.1. The number of ether oxygens (including phenoxy) is 3. The van der Waals surface area contributed by atoms with Gasteiger partial charge in [-0.15, -0.1) is 0 Å². The Labute approximate surface area is 184 Å². The van der Waals surface area contributed by atoms with E-state index < -0.39 is 12.6 Å². The van der Waals surface area contributed by atoms with Crippen molar-refractivity contribution in [3.05, 3.63) is 60.2 Å². The highest BCUT2D eigenvalue weighted by atomic mass is 19.3. The number of benzene rings is 2. The van der Waals surface area contributed by atoms with Gasteiger partial charge in [0.1, 0.15) is 11.5 Å². The Morgan fingerprint density at radius 2 is 1.59 bits per heavy atom. The Kier molecular flexibility index (Phi) is 8.02. The van der Waals surface area contributed by atoms with Crippen LogP contribution in [0, 0.1) is 0 Å².